The molecule has 0 spiro atoms. The number of carbonyl (C=O) groups is 2. The molecule has 0 radical (unpaired) electrons. The van der Waals surface area contributed by atoms with Gasteiger partial charge in [0.2, 0.25) is 5.76 Å². The molecular formula is C13H12O6S. The van der Waals surface area contributed by atoms with Crippen molar-refractivity contribution in [2.75, 3.05) is 7.11 Å². The topological polar surface area (TPSA) is 89.9 Å². The molecule has 20 heavy (non-hydrogen) atoms. The number of carbonyl (C=O) groups excluding carboxylic acids is 1. The van der Waals surface area contributed by atoms with Gasteiger partial charge in [0.15, 0.2) is 5.09 Å². The Morgan fingerprint density at radius 1 is 1.35 bits per heavy atom. The molecule has 0 fully saturated rings. The first-order chi connectivity index (χ1) is 9.51. The molecule has 0 aliphatic carbocycles. The van der Waals surface area contributed by atoms with E-state index in [1.807, 2.05) is 0 Å². The molecule has 0 aromatic carbocycles. The van der Waals surface area contributed by atoms with Crippen LogP contribution in [0.2, 0.25) is 0 Å². The van der Waals surface area contributed by atoms with Crippen molar-refractivity contribution in [3.63, 3.8) is 0 Å². The van der Waals surface area contributed by atoms with E-state index in [1.54, 1.807) is 19.1 Å². The van der Waals surface area contributed by atoms with Gasteiger partial charge < -0.3 is 18.7 Å². The fraction of sp³-hybridized carbons (Fsp3) is 0.231. The lowest BCUT2D eigenvalue weighted by molar-refractivity contribution is 0.0597. The molecule has 0 saturated carbocycles. The predicted molar refractivity (Wildman–Crippen MR) is 70.0 cm³/mol. The summed E-state index contributed by atoms with van der Waals surface area (Å²) in [6.45, 7) is 1.68. The van der Waals surface area contributed by atoms with Gasteiger partial charge in [0, 0.05) is 0 Å². The van der Waals surface area contributed by atoms with Crippen LogP contribution in [0.5, 0.6) is 0 Å². The number of ether oxygens (including phenoxy) is 1. The summed E-state index contributed by atoms with van der Waals surface area (Å²) in [5.41, 5.74) is 0.383. The van der Waals surface area contributed by atoms with Crippen molar-refractivity contribution in [1.29, 1.82) is 0 Å². The number of carboxylic acid groups (broad SMARTS) is 1. The van der Waals surface area contributed by atoms with Crippen LogP contribution in [0.1, 0.15) is 32.4 Å². The standard InChI is InChI=1S/C13H12O6S/c1-7-9(13(16)17-2)5-8(18-7)6-20-11-4-3-10(19-11)12(14)15/h3-5H,6H2,1-2H3,(H,14,15). The zero-order valence-electron chi connectivity index (χ0n) is 10.8. The molecule has 2 rings (SSSR count). The van der Waals surface area contributed by atoms with Gasteiger partial charge in [-0.1, -0.05) is 11.8 Å². The highest BCUT2D eigenvalue weighted by atomic mass is 32.2. The van der Waals surface area contributed by atoms with Gasteiger partial charge in [0.25, 0.3) is 0 Å². The first-order valence-corrected chi connectivity index (χ1v) is 6.63. The number of furan rings is 2. The first kappa shape index (κ1) is 14.3. The summed E-state index contributed by atoms with van der Waals surface area (Å²) in [7, 11) is 1.31. The highest BCUT2D eigenvalue weighted by Gasteiger charge is 2.16. The highest BCUT2D eigenvalue weighted by Crippen LogP contribution is 2.27. The second kappa shape index (κ2) is 5.87. The van der Waals surface area contributed by atoms with Gasteiger partial charge in [-0.25, -0.2) is 9.59 Å². The molecule has 0 amide bonds. The molecule has 6 nitrogen and oxygen atoms in total. The number of esters is 1. The molecule has 106 valence electrons. The largest absolute Gasteiger partial charge is 0.475 e. The van der Waals surface area contributed by atoms with Gasteiger partial charge in [-0.15, -0.1) is 0 Å². The monoisotopic (exact) mass is 296 g/mol. The minimum Gasteiger partial charge on any atom is -0.475 e. The molecule has 0 unspecified atom stereocenters. The van der Waals surface area contributed by atoms with E-state index >= 15 is 0 Å². The number of carboxylic acids is 1. The third-order valence-corrected chi connectivity index (χ3v) is 3.46. The van der Waals surface area contributed by atoms with Crippen molar-refractivity contribution in [2.24, 2.45) is 0 Å². The Kier molecular flexibility index (Phi) is 4.19. The Morgan fingerprint density at radius 3 is 2.70 bits per heavy atom. The van der Waals surface area contributed by atoms with Crippen LogP contribution in [0.15, 0.2) is 32.1 Å². The van der Waals surface area contributed by atoms with Gasteiger partial charge >= 0.3 is 11.9 Å². The number of hydrogen-bond acceptors (Lipinski definition) is 6. The zero-order valence-corrected chi connectivity index (χ0v) is 11.7. The van der Waals surface area contributed by atoms with Crippen molar-refractivity contribution in [3.8, 4) is 0 Å². The molecule has 0 bridgehead atoms. The molecule has 0 saturated heterocycles. The average molecular weight is 296 g/mol. The Bertz CT molecular complexity index is 639. The van der Waals surface area contributed by atoms with E-state index in [1.165, 1.54) is 24.9 Å². The van der Waals surface area contributed by atoms with E-state index in [9.17, 15) is 9.59 Å². The number of thioether (sulfide) groups is 1. The first-order valence-electron chi connectivity index (χ1n) is 5.65. The van der Waals surface area contributed by atoms with Gasteiger partial charge in [0.1, 0.15) is 17.1 Å². The predicted octanol–water partition coefficient (Wildman–Crippen LogP) is 2.96. The van der Waals surface area contributed by atoms with Crippen LogP contribution >= 0.6 is 11.8 Å². The second-order valence-electron chi connectivity index (χ2n) is 3.89. The smallest absolute Gasteiger partial charge is 0.371 e. The Morgan fingerprint density at radius 2 is 2.10 bits per heavy atom. The van der Waals surface area contributed by atoms with Crippen molar-refractivity contribution < 1.29 is 28.3 Å². The minimum absolute atomic E-state index is 0.113. The summed E-state index contributed by atoms with van der Waals surface area (Å²) >= 11 is 1.28. The number of aryl methyl sites for hydroxylation is 1. The van der Waals surface area contributed by atoms with Crippen molar-refractivity contribution in [1.82, 2.24) is 0 Å². The molecule has 1 N–H and O–H groups in total. The quantitative estimate of drug-likeness (QED) is 0.670. The molecule has 2 aromatic rings. The maximum absolute atomic E-state index is 11.4. The van der Waals surface area contributed by atoms with E-state index in [4.69, 9.17) is 13.9 Å². The van der Waals surface area contributed by atoms with Crippen LogP contribution in [-0.4, -0.2) is 24.2 Å². The van der Waals surface area contributed by atoms with Gasteiger partial charge in [-0.05, 0) is 25.1 Å². The Balaban J connectivity index is 2.03. The number of rotatable bonds is 5. The molecule has 0 atom stereocenters. The summed E-state index contributed by atoms with van der Waals surface area (Å²) in [6.07, 6.45) is 0. The summed E-state index contributed by atoms with van der Waals surface area (Å²) in [5, 5.41) is 9.21. The maximum Gasteiger partial charge on any atom is 0.371 e. The fourth-order valence-electron chi connectivity index (χ4n) is 1.58. The lowest BCUT2D eigenvalue weighted by Gasteiger charge is -1.94. The highest BCUT2D eigenvalue weighted by molar-refractivity contribution is 7.98. The maximum atomic E-state index is 11.4. The Hall–Kier alpha value is -2.15. The molecule has 2 aromatic heterocycles. The average Bonchev–Trinajstić information content (AvgIpc) is 3.02. The lowest BCUT2D eigenvalue weighted by atomic mass is 10.2. The van der Waals surface area contributed by atoms with Crippen LogP contribution < -0.4 is 0 Å². The van der Waals surface area contributed by atoms with Crippen LogP contribution in [-0.2, 0) is 10.5 Å². The number of methoxy groups -OCH3 is 1. The van der Waals surface area contributed by atoms with E-state index < -0.39 is 11.9 Å². The summed E-state index contributed by atoms with van der Waals surface area (Å²) in [5.74, 6) is -0.185. The van der Waals surface area contributed by atoms with Crippen molar-refractivity contribution in [2.45, 2.75) is 17.8 Å². The van der Waals surface area contributed by atoms with E-state index in [0.717, 1.165) is 0 Å². The van der Waals surface area contributed by atoms with Crippen molar-refractivity contribution in [3.05, 3.63) is 41.0 Å². The van der Waals surface area contributed by atoms with Gasteiger partial charge in [-0.3, -0.25) is 0 Å². The van der Waals surface area contributed by atoms with Gasteiger partial charge in [-0.2, -0.15) is 0 Å². The summed E-state index contributed by atoms with van der Waals surface area (Å²) in [4.78, 5) is 22.1. The van der Waals surface area contributed by atoms with E-state index in [0.29, 0.717) is 27.9 Å². The van der Waals surface area contributed by atoms with E-state index in [2.05, 4.69) is 4.74 Å². The summed E-state index contributed by atoms with van der Waals surface area (Å²) in [6, 6.07) is 4.57. The summed E-state index contributed by atoms with van der Waals surface area (Å²) < 4.78 is 15.2. The number of hydrogen-bond donors (Lipinski definition) is 1. The Labute approximate surface area is 118 Å². The SMILES string of the molecule is COC(=O)c1cc(CSc2ccc(C(=O)O)o2)oc1C. The number of aromatic carboxylic acids is 1. The second-order valence-corrected chi connectivity index (χ2v) is 4.87. The molecule has 7 heteroatoms. The molecule has 2 heterocycles. The fourth-order valence-corrected chi connectivity index (χ4v) is 2.32. The van der Waals surface area contributed by atoms with Crippen LogP contribution in [0.4, 0.5) is 0 Å². The normalized spacial score (nSPS) is 10.5. The third kappa shape index (κ3) is 3.05. The van der Waals surface area contributed by atoms with Gasteiger partial charge in [0.05, 0.1) is 12.9 Å². The molecule has 0 aliphatic rings. The van der Waals surface area contributed by atoms with Crippen LogP contribution in [0, 0.1) is 6.92 Å². The van der Waals surface area contributed by atoms with Crippen LogP contribution in [0.3, 0.4) is 0 Å². The zero-order chi connectivity index (χ0) is 14.7. The lowest BCUT2D eigenvalue weighted by Crippen LogP contribution is -2.00. The van der Waals surface area contributed by atoms with Crippen LogP contribution in [0.25, 0.3) is 0 Å². The molecular weight excluding hydrogens is 284 g/mol. The van der Waals surface area contributed by atoms with Crippen molar-refractivity contribution >= 4 is 23.7 Å². The molecule has 0 aliphatic heterocycles. The third-order valence-electron chi connectivity index (χ3n) is 2.52. The van der Waals surface area contributed by atoms with E-state index in [-0.39, 0.29) is 5.76 Å². The minimum atomic E-state index is -1.11.